The average molecular weight is 394 g/mol. The van der Waals surface area contributed by atoms with E-state index in [4.69, 9.17) is 16.1 Å². The van der Waals surface area contributed by atoms with E-state index >= 15 is 0 Å². The average Bonchev–Trinajstić information content (AvgIpc) is 2.91. The molecule has 0 radical (unpaired) electrons. The standard InChI is InChI=1S/C16H16ClN5O3S/c1-9-8-12(17)4-5-13(9)18-14-6-7-15(20-19-14)22-26(23,24)16-10(2)21-25-11(16)3/h4-8H,1-3H3,(H,18,19)(H,20,22). The van der Waals surface area contributed by atoms with Gasteiger partial charge in [-0.2, -0.15) is 0 Å². The molecule has 136 valence electrons. The molecule has 10 heteroatoms. The lowest BCUT2D eigenvalue weighted by atomic mass is 10.2. The van der Waals surface area contributed by atoms with Gasteiger partial charge in [0.05, 0.1) is 0 Å². The fourth-order valence-electron chi connectivity index (χ4n) is 2.41. The molecule has 2 N–H and O–H groups in total. The Morgan fingerprint density at radius 3 is 2.31 bits per heavy atom. The Morgan fingerprint density at radius 1 is 1.04 bits per heavy atom. The highest BCUT2D eigenvalue weighted by Crippen LogP contribution is 2.24. The number of halogens is 1. The minimum absolute atomic E-state index is 0.00158. The highest BCUT2D eigenvalue weighted by molar-refractivity contribution is 7.92. The van der Waals surface area contributed by atoms with Crippen LogP contribution in [0, 0.1) is 20.8 Å². The summed E-state index contributed by atoms with van der Waals surface area (Å²) in [6, 6.07) is 8.54. The lowest BCUT2D eigenvalue weighted by Crippen LogP contribution is -2.15. The molecule has 0 unspecified atom stereocenters. The van der Waals surface area contributed by atoms with Gasteiger partial charge < -0.3 is 9.84 Å². The van der Waals surface area contributed by atoms with Crippen LogP contribution >= 0.6 is 11.6 Å². The van der Waals surface area contributed by atoms with E-state index in [-0.39, 0.29) is 22.2 Å². The van der Waals surface area contributed by atoms with Gasteiger partial charge in [0.1, 0.15) is 5.69 Å². The highest BCUT2D eigenvalue weighted by Gasteiger charge is 2.24. The minimum Gasteiger partial charge on any atom is -0.360 e. The van der Waals surface area contributed by atoms with Crippen LogP contribution in [0.15, 0.2) is 39.8 Å². The number of hydrogen-bond donors (Lipinski definition) is 2. The first-order valence-corrected chi connectivity index (χ1v) is 9.45. The Morgan fingerprint density at radius 2 is 1.73 bits per heavy atom. The van der Waals surface area contributed by atoms with Gasteiger partial charge in [0, 0.05) is 10.7 Å². The van der Waals surface area contributed by atoms with Gasteiger partial charge in [0.25, 0.3) is 10.0 Å². The normalized spacial score (nSPS) is 11.4. The molecule has 0 saturated heterocycles. The predicted molar refractivity (Wildman–Crippen MR) is 98.3 cm³/mol. The molecule has 0 bridgehead atoms. The maximum absolute atomic E-state index is 12.4. The van der Waals surface area contributed by atoms with Crippen molar-refractivity contribution >= 4 is 38.9 Å². The third-order valence-electron chi connectivity index (χ3n) is 3.59. The maximum Gasteiger partial charge on any atom is 0.268 e. The Labute approximate surface area is 155 Å². The second-order valence-electron chi connectivity index (χ2n) is 5.65. The van der Waals surface area contributed by atoms with Crippen molar-refractivity contribution in [1.82, 2.24) is 15.4 Å². The van der Waals surface area contributed by atoms with Crippen molar-refractivity contribution in [1.29, 1.82) is 0 Å². The Balaban J connectivity index is 1.77. The van der Waals surface area contributed by atoms with Gasteiger partial charge in [-0.3, -0.25) is 4.72 Å². The highest BCUT2D eigenvalue weighted by atomic mass is 35.5. The molecule has 1 aromatic carbocycles. The molecule has 0 aliphatic carbocycles. The summed E-state index contributed by atoms with van der Waals surface area (Å²) in [5, 5.41) is 15.3. The summed E-state index contributed by atoms with van der Waals surface area (Å²) in [6.07, 6.45) is 0. The van der Waals surface area contributed by atoms with Gasteiger partial charge in [-0.15, -0.1) is 10.2 Å². The van der Waals surface area contributed by atoms with E-state index in [9.17, 15) is 8.42 Å². The van der Waals surface area contributed by atoms with E-state index in [1.54, 1.807) is 19.1 Å². The first-order chi connectivity index (χ1) is 12.3. The number of nitrogens with one attached hydrogen (secondary N) is 2. The number of sulfonamides is 1. The monoisotopic (exact) mass is 393 g/mol. The minimum atomic E-state index is -3.86. The molecule has 3 aromatic rings. The molecular formula is C16H16ClN5O3S. The van der Waals surface area contributed by atoms with E-state index in [1.165, 1.54) is 13.0 Å². The molecule has 2 heterocycles. The molecule has 0 aliphatic heterocycles. The number of aromatic nitrogens is 3. The zero-order valence-corrected chi connectivity index (χ0v) is 15.8. The summed E-state index contributed by atoms with van der Waals surface area (Å²) >= 11 is 5.93. The molecule has 0 atom stereocenters. The maximum atomic E-state index is 12.4. The van der Waals surface area contributed by atoms with Crippen molar-refractivity contribution in [3.63, 3.8) is 0 Å². The van der Waals surface area contributed by atoms with Gasteiger partial charge in [-0.1, -0.05) is 16.8 Å². The zero-order chi connectivity index (χ0) is 18.9. The quantitative estimate of drug-likeness (QED) is 0.681. The molecule has 0 spiro atoms. The molecule has 0 fully saturated rings. The van der Waals surface area contributed by atoms with E-state index < -0.39 is 10.0 Å². The van der Waals surface area contributed by atoms with Gasteiger partial charge in [-0.25, -0.2) is 8.42 Å². The number of hydrogen-bond acceptors (Lipinski definition) is 7. The summed E-state index contributed by atoms with van der Waals surface area (Å²) in [6.45, 7) is 4.99. The van der Waals surface area contributed by atoms with Crippen LogP contribution in [0.2, 0.25) is 5.02 Å². The molecule has 3 rings (SSSR count). The second-order valence-corrected chi connectivity index (χ2v) is 7.70. The van der Waals surface area contributed by atoms with Gasteiger partial charge in [0.15, 0.2) is 22.3 Å². The predicted octanol–water partition coefficient (Wildman–Crippen LogP) is 3.59. The molecule has 8 nitrogen and oxygen atoms in total. The van der Waals surface area contributed by atoms with E-state index in [2.05, 4.69) is 25.4 Å². The summed E-state index contributed by atoms with van der Waals surface area (Å²) in [5.41, 5.74) is 2.05. The van der Waals surface area contributed by atoms with E-state index in [0.717, 1.165) is 11.3 Å². The molecule has 26 heavy (non-hydrogen) atoms. The number of nitrogens with zero attached hydrogens (tertiary/aromatic N) is 3. The van der Waals surface area contributed by atoms with Crippen molar-refractivity contribution in [2.75, 3.05) is 10.0 Å². The van der Waals surface area contributed by atoms with Gasteiger partial charge in [0.2, 0.25) is 0 Å². The Bertz CT molecular complexity index is 1030. The number of benzene rings is 1. The smallest absolute Gasteiger partial charge is 0.268 e. The first-order valence-electron chi connectivity index (χ1n) is 7.59. The largest absolute Gasteiger partial charge is 0.360 e. The lowest BCUT2D eigenvalue weighted by molar-refractivity contribution is 0.390. The van der Waals surface area contributed by atoms with Crippen LogP contribution in [0.4, 0.5) is 17.3 Å². The Hall–Kier alpha value is -2.65. The van der Waals surface area contributed by atoms with Crippen LogP contribution in [0.25, 0.3) is 0 Å². The van der Waals surface area contributed by atoms with Crippen molar-refractivity contribution in [3.8, 4) is 0 Å². The van der Waals surface area contributed by atoms with Crippen LogP contribution in [-0.2, 0) is 10.0 Å². The van der Waals surface area contributed by atoms with Crippen LogP contribution in [0.3, 0.4) is 0 Å². The van der Waals surface area contributed by atoms with Crippen LogP contribution < -0.4 is 10.0 Å². The molecular weight excluding hydrogens is 378 g/mol. The number of aryl methyl sites for hydroxylation is 3. The third-order valence-corrected chi connectivity index (χ3v) is 5.42. The molecule has 0 amide bonds. The van der Waals surface area contributed by atoms with Crippen LogP contribution in [-0.4, -0.2) is 23.8 Å². The fraction of sp³-hybridized carbons (Fsp3) is 0.188. The molecule has 0 saturated carbocycles. The van der Waals surface area contributed by atoms with Crippen molar-refractivity contribution in [3.05, 3.63) is 52.4 Å². The van der Waals surface area contributed by atoms with Crippen LogP contribution in [0.1, 0.15) is 17.0 Å². The second kappa shape index (κ2) is 6.93. The summed E-state index contributed by atoms with van der Waals surface area (Å²) < 4.78 is 32.2. The zero-order valence-electron chi connectivity index (χ0n) is 14.2. The summed E-state index contributed by atoms with van der Waals surface area (Å²) in [4.78, 5) is -0.00158. The first kappa shape index (κ1) is 18.2. The topological polar surface area (TPSA) is 110 Å². The van der Waals surface area contributed by atoms with E-state index in [0.29, 0.717) is 10.8 Å². The van der Waals surface area contributed by atoms with Gasteiger partial charge in [-0.05, 0) is 56.7 Å². The van der Waals surface area contributed by atoms with Crippen molar-refractivity contribution in [2.24, 2.45) is 0 Å². The van der Waals surface area contributed by atoms with Crippen LogP contribution in [0.5, 0.6) is 0 Å². The molecule has 2 aromatic heterocycles. The van der Waals surface area contributed by atoms with E-state index in [1.807, 2.05) is 19.1 Å². The summed E-state index contributed by atoms with van der Waals surface area (Å²) in [7, 11) is -3.86. The Kier molecular flexibility index (Phi) is 4.84. The molecule has 0 aliphatic rings. The van der Waals surface area contributed by atoms with Gasteiger partial charge >= 0.3 is 0 Å². The third kappa shape index (κ3) is 3.78. The van der Waals surface area contributed by atoms with Crippen molar-refractivity contribution < 1.29 is 12.9 Å². The number of anilines is 3. The number of rotatable bonds is 5. The lowest BCUT2D eigenvalue weighted by Gasteiger charge is -2.10. The SMILES string of the molecule is Cc1cc(Cl)ccc1Nc1ccc(NS(=O)(=O)c2c(C)noc2C)nn1. The van der Waals surface area contributed by atoms with Crippen molar-refractivity contribution in [2.45, 2.75) is 25.7 Å². The summed E-state index contributed by atoms with van der Waals surface area (Å²) in [5.74, 6) is 0.763. The fourth-order valence-corrected chi connectivity index (χ4v) is 3.96.